The van der Waals surface area contributed by atoms with Gasteiger partial charge in [0.15, 0.2) is 5.82 Å². The van der Waals surface area contributed by atoms with Gasteiger partial charge in [-0.25, -0.2) is 9.37 Å². The van der Waals surface area contributed by atoms with Crippen molar-refractivity contribution in [1.29, 1.82) is 0 Å². The van der Waals surface area contributed by atoms with E-state index in [1.807, 2.05) is 4.90 Å². The van der Waals surface area contributed by atoms with Crippen molar-refractivity contribution in [3.8, 4) is 0 Å². The molecule has 2 aromatic rings. The number of carbonyl (C=O) groups is 1. The molecule has 8 heteroatoms. The number of amides is 1. The van der Waals surface area contributed by atoms with Gasteiger partial charge in [-0.15, -0.1) is 0 Å². The number of primary amides is 1. The Labute approximate surface area is 150 Å². The first-order valence-electron chi connectivity index (χ1n) is 8.53. The second-order valence-corrected chi connectivity index (χ2v) is 6.51. The lowest BCUT2D eigenvalue weighted by molar-refractivity contribution is -0.120. The number of hydrogen-bond acceptors (Lipinski definition) is 5. The number of carbonyl (C=O) groups excluding carboxylic acids is 1. The van der Waals surface area contributed by atoms with E-state index < -0.39 is 11.9 Å². The minimum Gasteiger partial charge on any atom is -0.368 e. The number of anilines is 1. The van der Waals surface area contributed by atoms with Crippen LogP contribution in [0.3, 0.4) is 0 Å². The number of rotatable bonds is 5. The zero-order valence-corrected chi connectivity index (χ0v) is 14.6. The molecule has 1 aromatic heterocycles. The minimum absolute atomic E-state index is 0.0435. The molecular weight excluding hydrogens is 337 g/mol. The smallest absolute Gasteiger partial charge is 0.293 e. The number of nitrogens with one attached hydrogen (secondary N) is 1. The van der Waals surface area contributed by atoms with Crippen LogP contribution in [0.5, 0.6) is 0 Å². The van der Waals surface area contributed by atoms with E-state index in [9.17, 15) is 14.0 Å². The zero-order valence-electron chi connectivity index (χ0n) is 14.6. The summed E-state index contributed by atoms with van der Waals surface area (Å²) in [7, 11) is 1.69. The molecule has 0 unspecified atom stereocenters. The fourth-order valence-electron chi connectivity index (χ4n) is 3.24. The first kappa shape index (κ1) is 18.1. The molecule has 0 spiro atoms. The summed E-state index contributed by atoms with van der Waals surface area (Å²) in [6.07, 6.45) is 4.91. The Kier molecular flexibility index (Phi) is 5.32. The molecule has 1 amide bonds. The van der Waals surface area contributed by atoms with Crippen molar-refractivity contribution in [2.45, 2.75) is 24.9 Å². The molecule has 138 valence electrons. The van der Waals surface area contributed by atoms with E-state index in [0.29, 0.717) is 17.9 Å². The fourth-order valence-corrected chi connectivity index (χ4v) is 3.24. The molecule has 0 radical (unpaired) electrons. The normalized spacial score (nSPS) is 18.5. The van der Waals surface area contributed by atoms with Crippen LogP contribution >= 0.6 is 0 Å². The van der Waals surface area contributed by atoms with Crippen LogP contribution in [0.25, 0.3) is 0 Å². The number of piperidine rings is 1. The third kappa shape index (κ3) is 3.91. The highest BCUT2D eigenvalue weighted by atomic mass is 19.1. The second-order valence-electron chi connectivity index (χ2n) is 6.51. The number of benzene rings is 1. The molecule has 1 aliphatic rings. The third-order valence-corrected chi connectivity index (χ3v) is 4.61. The molecule has 3 rings (SSSR count). The zero-order chi connectivity index (χ0) is 18.7. The van der Waals surface area contributed by atoms with E-state index in [-0.39, 0.29) is 17.4 Å². The summed E-state index contributed by atoms with van der Waals surface area (Å²) in [5.41, 5.74) is 6.00. The van der Waals surface area contributed by atoms with Gasteiger partial charge in [-0.05, 0) is 30.5 Å². The Morgan fingerprint density at radius 1 is 1.38 bits per heavy atom. The number of halogens is 1. The van der Waals surface area contributed by atoms with E-state index in [4.69, 9.17) is 5.73 Å². The van der Waals surface area contributed by atoms with E-state index in [2.05, 4.69) is 10.3 Å². The number of aryl methyl sites for hydroxylation is 1. The van der Waals surface area contributed by atoms with E-state index in [1.54, 1.807) is 31.6 Å². The van der Waals surface area contributed by atoms with Crippen molar-refractivity contribution in [2.75, 3.05) is 18.0 Å². The molecule has 1 aromatic carbocycles. The summed E-state index contributed by atoms with van der Waals surface area (Å²) in [4.78, 5) is 30.3. The van der Waals surface area contributed by atoms with E-state index >= 15 is 0 Å². The van der Waals surface area contributed by atoms with Crippen LogP contribution in [0.2, 0.25) is 0 Å². The van der Waals surface area contributed by atoms with Gasteiger partial charge in [0.25, 0.3) is 5.56 Å². The quantitative estimate of drug-likeness (QED) is 0.820. The Morgan fingerprint density at radius 2 is 2.12 bits per heavy atom. The summed E-state index contributed by atoms with van der Waals surface area (Å²) in [5, 5.41) is 3.25. The Morgan fingerprint density at radius 3 is 2.81 bits per heavy atom. The highest BCUT2D eigenvalue weighted by Gasteiger charge is 2.27. The summed E-state index contributed by atoms with van der Waals surface area (Å²) in [6, 6.07) is 4.94. The molecule has 0 bridgehead atoms. The van der Waals surface area contributed by atoms with Crippen LogP contribution in [0, 0.1) is 5.82 Å². The van der Waals surface area contributed by atoms with Gasteiger partial charge in [0.1, 0.15) is 11.9 Å². The molecule has 1 fully saturated rings. The van der Waals surface area contributed by atoms with Gasteiger partial charge in [0.05, 0.1) is 0 Å². The van der Waals surface area contributed by atoms with Gasteiger partial charge in [-0.1, -0.05) is 12.1 Å². The average molecular weight is 359 g/mol. The van der Waals surface area contributed by atoms with Crippen LogP contribution in [-0.4, -0.2) is 34.6 Å². The van der Waals surface area contributed by atoms with Gasteiger partial charge < -0.3 is 15.2 Å². The molecule has 1 aliphatic heterocycles. The summed E-state index contributed by atoms with van der Waals surface area (Å²) < 4.78 is 14.6. The second kappa shape index (κ2) is 7.65. The van der Waals surface area contributed by atoms with Crippen LogP contribution in [-0.2, 0) is 11.8 Å². The van der Waals surface area contributed by atoms with Crippen molar-refractivity contribution >= 4 is 11.7 Å². The molecule has 0 aliphatic carbocycles. The van der Waals surface area contributed by atoms with Crippen molar-refractivity contribution in [2.24, 2.45) is 12.8 Å². The van der Waals surface area contributed by atoms with Gasteiger partial charge in [0, 0.05) is 38.6 Å². The van der Waals surface area contributed by atoms with Crippen LogP contribution in [0.15, 0.2) is 41.5 Å². The lowest BCUT2D eigenvalue weighted by Crippen LogP contribution is -2.50. The predicted molar refractivity (Wildman–Crippen MR) is 96.2 cm³/mol. The first-order chi connectivity index (χ1) is 12.5. The first-order valence-corrected chi connectivity index (χ1v) is 8.53. The molecule has 1 saturated heterocycles. The van der Waals surface area contributed by atoms with E-state index in [1.165, 1.54) is 16.7 Å². The molecule has 2 atom stereocenters. The monoisotopic (exact) mass is 359 g/mol. The third-order valence-electron chi connectivity index (χ3n) is 4.61. The molecule has 26 heavy (non-hydrogen) atoms. The van der Waals surface area contributed by atoms with Crippen molar-refractivity contribution < 1.29 is 9.18 Å². The maximum atomic E-state index is 13.1. The molecular formula is C18H22FN5O2. The molecule has 3 N–H and O–H groups in total. The lowest BCUT2D eigenvalue weighted by atomic mass is 10.0. The van der Waals surface area contributed by atoms with Crippen LogP contribution in [0.1, 0.15) is 24.4 Å². The highest BCUT2D eigenvalue weighted by Crippen LogP contribution is 2.19. The minimum atomic E-state index is -0.716. The topological polar surface area (TPSA) is 93.2 Å². The fraction of sp³-hybridized carbons (Fsp3) is 0.389. The summed E-state index contributed by atoms with van der Waals surface area (Å²) in [5.74, 6) is -0.492. The van der Waals surface area contributed by atoms with Crippen molar-refractivity contribution in [3.05, 3.63) is 58.4 Å². The average Bonchev–Trinajstić information content (AvgIpc) is 2.63. The SMILES string of the molecule is Cn1ccnc(N2CCC[C@@H](N[C@@H](C(N)=O)c3ccc(F)cc3)C2)c1=O. The lowest BCUT2D eigenvalue weighted by Gasteiger charge is -2.35. The number of aromatic nitrogens is 2. The van der Waals surface area contributed by atoms with Gasteiger partial charge >= 0.3 is 0 Å². The van der Waals surface area contributed by atoms with Crippen LogP contribution in [0.4, 0.5) is 10.2 Å². The largest absolute Gasteiger partial charge is 0.368 e. The highest BCUT2D eigenvalue weighted by molar-refractivity contribution is 5.81. The van der Waals surface area contributed by atoms with Gasteiger partial charge in [-0.3, -0.25) is 14.9 Å². The van der Waals surface area contributed by atoms with Crippen molar-refractivity contribution in [1.82, 2.24) is 14.9 Å². The maximum absolute atomic E-state index is 13.1. The molecule has 7 nitrogen and oxygen atoms in total. The number of hydrogen-bond donors (Lipinski definition) is 2. The Bertz CT molecular complexity index is 836. The maximum Gasteiger partial charge on any atom is 0.293 e. The predicted octanol–water partition coefficient (Wildman–Crippen LogP) is 0.704. The van der Waals surface area contributed by atoms with Gasteiger partial charge in [-0.2, -0.15) is 0 Å². The van der Waals surface area contributed by atoms with Crippen molar-refractivity contribution in [3.63, 3.8) is 0 Å². The molecule has 0 saturated carbocycles. The number of nitrogens with zero attached hydrogens (tertiary/aromatic N) is 3. The Balaban J connectivity index is 1.76. The van der Waals surface area contributed by atoms with Gasteiger partial charge in [0.2, 0.25) is 5.91 Å². The standard InChI is InChI=1S/C18H22FN5O2/c1-23-10-8-21-17(18(23)26)24-9-2-3-14(11-24)22-15(16(20)25)12-4-6-13(19)7-5-12/h4-8,10,14-15,22H,2-3,9,11H2,1H3,(H2,20,25)/t14-,15-/m1/s1. The number of nitrogens with two attached hydrogens (primary N) is 1. The summed E-state index contributed by atoms with van der Waals surface area (Å²) >= 11 is 0. The van der Waals surface area contributed by atoms with E-state index in [0.717, 1.165) is 19.4 Å². The molecule has 2 heterocycles. The summed E-state index contributed by atoms with van der Waals surface area (Å²) in [6.45, 7) is 1.26. The van der Waals surface area contributed by atoms with Crippen LogP contribution < -0.4 is 21.5 Å². The Hall–Kier alpha value is -2.74.